The van der Waals surface area contributed by atoms with Crippen molar-refractivity contribution in [1.29, 1.82) is 0 Å². The van der Waals surface area contributed by atoms with Crippen LogP contribution in [0.15, 0.2) is 71.0 Å². The van der Waals surface area contributed by atoms with E-state index >= 15 is 0 Å². The Kier molecular flexibility index (Phi) is 9.41. The van der Waals surface area contributed by atoms with Crippen LogP contribution in [0.3, 0.4) is 0 Å². The zero-order valence-electron chi connectivity index (χ0n) is 24.7. The lowest BCUT2D eigenvalue weighted by atomic mass is 9.85. The van der Waals surface area contributed by atoms with E-state index in [1.807, 2.05) is 36.4 Å². The molecule has 4 aromatic carbocycles. The van der Waals surface area contributed by atoms with Crippen LogP contribution in [0.5, 0.6) is 5.75 Å². The first-order chi connectivity index (χ1) is 21.7. The van der Waals surface area contributed by atoms with Crippen LogP contribution >= 0.6 is 0 Å². The lowest BCUT2D eigenvalue weighted by Gasteiger charge is -2.18. The van der Waals surface area contributed by atoms with Gasteiger partial charge in [-0.1, -0.05) is 52.8 Å². The Labute approximate surface area is 257 Å². The van der Waals surface area contributed by atoms with Crippen molar-refractivity contribution in [3.8, 4) is 5.75 Å². The first-order valence-corrected chi connectivity index (χ1v) is 14.2. The van der Waals surface area contributed by atoms with E-state index in [-0.39, 0.29) is 49.2 Å². The molecule has 11 heteroatoms. The van der Waals surface area contributed by atoms with Crippen LogP contribution < -0.4 is 4.74 Å². The Bertz CT molecular complexity index is 1910. The van der Waals surface area contributed by atoms with Crippen LogP contribution in [0.1, 0.15) is 64.1 Å². The van der Waals surface area contributed by atoms with E-state index in [9.17, 15) is 29.4 Å². The molecule has 0 unspecified atom stereocenters. The number of aryl methyl sites for hydroxylation is 1. The Hall–Kier alpha value is -5.26. The van der Waals surface area contributed by atoms with Crippen molar-refractivity contribution in [2.24, 2.45) is 10.3 Å². The molecule has 0 fully saturated rings. The van der Waals surface area contributed by atoms with E-state index in [0.29, 0.717) is 29.7 Å². The SMILES string of the molecule is CC(=O)O/N=C1\CCOc2c(ccc3cc(CO)ccc23)C1=O.CC(=O)O/N=C1\CCc2c(ccc3cc(CO)ccc23)C1=O. The van der Waals surface area contributed by atoms with Gasteiger partial charge in [-0.2, -0.15) is 0 Å². The number of fused-ring (bicyclic) bond motifs is 6. The predicted molar refractivity (Wildman–Crippen MR) is 165 cm³/mol. The second-order valence-electron chi connectivity index (χ2n) is 10.5. The highest BCUT2D eigenvalue weighted by molar-refractivity contribution is 6.48. The number of aliphatic hydroxyl groups is 2. The van der Waals surface area contributed by atoms with E-state index in [1.165, 1.54) is 13.8 Å². The van der Waals surface area contributed by atoms with Crippen molar-refractivity contribution in [2.75, 3.05) is 6.61 Å². The quantitative estimate of drug-likeness (QED) is 0.249. The number of Topliss-reactive ketones (excluding diaryl/α,β-unsaturated/α-hetero) is 2. The van der Waals surface area contributed by atoms with Crippen LogP contribution in [0, 0.1) is 0 Å². The summed E-state index contributed by atoms with van der Waals surface area (Å²) in [7, 11) is 0. The van der Waals surface area contributed by atoms with Gasteiger partial charge in [-0.05, 0) is 57.5 Å². The molecule has 0 saturated heterocycles. The van der Waals surface area contributed by atoms with Gasteiger partial charge in [0.2, 0.25) is 11.6 Å². The molecule has 0 bridgehead atoms. The van der Waals surface area contributed by atoms with Crippen LogP contribution in [0.25, 0.3) is 21.5 Å². The number of aliphatic hydroxyl groups excluding tert-OH is 2. The van der Waals surface area contributed by atoms with Gasteiger partial charge in [0, 0.05) is 37.6 Å². The summed E-state index contributed by atoms with van der Waals surface area (Å²) >= 11 is 0. The standard InChI is InChI=1S/C17H15NO5.C17H15NO4/c1-10(20)23-18-15-6-7-22-17-13-4-2-11(9-19)8-12(13)3-5-14(17)16(15)21;1-10(20)22-18-16-7-6-14-13-4-2-11(9-19)8-12(13)3-5-15(14)17(16)21/h2-5,8,19H,6-7,9H2,1H3;2-5,8,19H,6-7,9H2,1H3/b18-15+;18-16+. The minimum absolute atomic E-state index is 0.00878. The molecule has 1 aliphatic heterocycles. The highest BCUT2D eigenvalue weighted by Gasteiger charge is 2.26. The fourth-order valence-corrected chi connectivity index (χ4v) is 5.25. The monoisotopic (exact) mass is 610 g/mol. The first-order valence-electron chi connectivity index (χ1n) is 14.2. The molecule has 1 aliphatic carbocycles. The molecule has 0 spiro atoms. The third-order valence-electron chi connectivity index (χ3n) is 7.38. The average Bonchev–Trinajstić information content (AvgIpc) is 3.21. The lowest BCUT2D eigenvalue weighted by Crippen LogP contribution is -2.23. The fraction of sp³-hybridized carbons (Fsp3) is 0.235. The molecule has 6 rings (SSSR count). The smallest absolute Gasteiger partial charge is 0.331 e. The highest BCUT2D eigenvalue weighted by Crippen LogP contribution is 2.33. The number of oxime groups is 2. The third kappa shape index (κ3) is 6.79. The average molecular weight is 611 g/mol. The molecular weight excluding hydrogens is 580 g/mol. The van der Waals surface area contributed by atoms with Crippen molar-refractivity contribution in [1.82, 2.24) is 0 Å². The van der Waals surface area contributed by atoms with Crippen LogP contribution in [0.2, 0.25) is 0 Å². The molecule has 1 heterocycles. The van der Waals surface area contributed by atoms with Gasteiger partial charge >= 0.3 is 11.9 Å². The minimum Gasteiger partial charge on any atom is -0.492 e. The number of hydrogen-bond donors (Lipinski definition) is 2. The fourth-order valence-electron chi connectivity index (χ4n) is 5.25. The number of benzene rings is 4. The molecule has 0 atom stereocenters. The molecular formula is C34H30N2O9. The zero-order chi connectivity index (χ0) is 32.1. The van der Waals surface area contributed by atoms with Crippen LogP contribution in [-0.2, 0) is 38.9 Å². The Morgan fingerprint density at radius 1 is 0.711 bits per heavy atom. The zero-order valence-corrected chi connectivity index (χ0v) is 24.7. The summed E-state index contributed by atoms with van der Waals surface area (Å²) in [5.41, 5.74) is 4.02. The van der Waals surface area contributed by atoms with Crippen molar-refractivity contribution in [3.05, 3.63) is 88.5 Å². The Balaban J connectivity index is 0.000000178. The molecule has 2 N–H and O–H groups in total. The largest absolute Gasteiger partial charge is 0.492 e. The van der Waals surface area contributed by atoms with E-state index in [2.05, 4.69) is 20.0 Å². The van der Waals surface area contributed by atoms with E-state index in [4.69, 9.17) is 4.74 Å². The van der Waals surface area contributed by atoms with Gasteiger partial charge in [0.25, 0.3) is 0 Å². The number of hydrogen-bond acceptors (Lipinski definition) is 11. The predicted octanol–water partition coefficient (Wildman–Crippen LogP) is 4.60. The maximum absolute atomic E-state index is 12.6. The molecule has 0 amide bonds. The first kappa shape index (κ1) is 31.2. The summed E-state index contributed by atoms with van der Waals surface area (Å²) in [6.45, 7) is 2.68. The van der Waals surface area contributed by atoms with Gasteiger partial charge in [-0.3, -0.25) is 9.59 Å². The van der Waals surface area contributed by atoms with Crippen molar-refractivity contribution < 1.29 is 43.8 Å². The number of carbonyl (C=O) groups excluding carboxylic acids is 4. The van der Waals surface area contributed by atoms with E-state index < -0.39 is 11.9 Å². The molecule has 230 valence electrons. The molecule has 0 aromatic heterocycles. The molecule has 4 aromatic rings. The van der Waals surface area contributed by atoms with Gasteiger partial charge in [-0.15, -0.1) is 0 Å². The van der Waals surface area contributed by atoms with Crippen molar-refractivity contribution in [2.45, 2.75) is 46.3 Å². The maximum Gasteiger partial charge on any atom is 0.331 e. The number of ether oxygens (including phenoxy) is 1. The van der Waals surface area contributed by atoms with Gasteiger partial charge in [0.1, 0.15) is 17.2 Å². The lowest BCUT2D eigenvalue weighted by molar-refractivity contribution is -0.141. The van der Waals surface area contributed by atoms with E-state index in [0.717, 1.165) is 38.2 Å². The summed E-state index contributed by atoms with van der Waals surface area (Å²) in [4.78, 5) is 55.9. The van der Waals surface area contributed by atoms with Gasteiger partial charge in [0.15, 0.2) is 0 Å². The van der Waals surface area contributed by atoms with Crippen LogP contribution in [0.4, 0.5) is 0 Å². The molecule has 0 radical (unpaired) electrons. The molecule has 2 aliphatic rings. The molecule has 11 nitrogen and oxygen atoms in total. The second kappa shape index (κ2) is 13.6. The number of rotatable bonds is 4. The number of nitrogens with zero attached hydrogens (tertiary/aromatic N) is 2. The summed E-state index contributed by atoms with van der Waals surface area (Å²) in [5.74, 6) is -1.14. The van der Waals surface area contributed by atoms with Gasteiger partial charge in [-0.25, -0.2) is 9.59 Å². The topological polar surface area (TPSA) is 161 Å². The van der Waals surface area contributed by atoms with Crippen LogP contribution in [-0.4, -0.2) is 51.7 Å². The summed E-state index contributed by atoms with van der Waals surface area (Å²) in [5, 5.41) is 29.4. The van der Waals surface area contributed by atoms with Crippen molar-refractivity contribution in [3.63, 3.8) is 0 Å². The third-order valence-corrected chi connectivity index (χ3v) is 7.38. The normalized spacial score (nSPS) is 15.9. The number of carbonyl (C=O) groups is 4. The second-order valence-corrected chi connectivity index (χ2v) is 10.5. The van der Waals surface area contributed by atoms with Gasteiger partial charge < -0.3 is 24.6 Å². The summed E-state index contributed by atoms with van der Waals surface area (Å²) in [6, 6.07) is 18.3. The minimum atomic E-state index is -0.578. The van der Waals surface area contributed by atoms with Gasteiger partial charge in [0.05, 0.1) is 25.4 Å². The van der Waals surface area contributed by atoms with E-state index in [1.54, 1.807) is 24.3 Å². The van der Waals surface area contributed by atoms with Crippen molar-refractivity contribution >= 4 is 56.5 Å². The Morgan fingerprint density at radius 2 is 1.24 bits per heavy atom. The number of ketones is 2. The molecule has 45 heavy (non-hydrogen) atoms. The maximum atomic E-state index is 12.6. The Morgan fingerprint density at radius 3 is 1.84 bits per heavy atom. The highest BCUT2D eigenvalue weighted by atomic mass is 16.7. The summed E-state index contributed by atoms with van der Waals surface area (Å²) in [6.07, 6.45) is 1.37. The summed E-state index contributed by atoms with van der Waals surface area (Å²) < 4.78 is 5.74. The molecule has 0 saturated carbocycles.